The molecule has 0 unspecified atom stereocenters. The molecule has 5 rings (SSSR count). The second-order valence-corrected chi connectivity index (χ2v) is 9.06. The van der Waals surface area contributed by atoms with Crippen LogP contribution in [-0.2, 0) is 4.74 Å². The van der Waals surface area contributed by atoms with Gasteiger partial charge in [-0.15, -0.1) is 0 Å². The number of carbonyl (C=O) groups is 2. The highest BCUT2D eigenvalue weighted by Gasteiger charge is 2.45. The molecule has 0 saturated carbocycles. The van der Waals surface area contributed by atoms with Gasteiger partial charge in [0, 0.05) is 0 Å². The minimum atomic E-state index is -0.927. The molecule has 10 heteroatoms. The molecule has 0 aliphatic carbocycles. The third-order valence-electron chi connectivity index (χ3n) is 5.91. The van der Waals surface area contributed by atoms with Crippen LogP contribution in [0.25, 0.3) is 11.0 Å². The molecule has 1 amide bonds. The Balaban J connectivity index is 1.80. The summed E-state index contributed by atoms with van der Waals surface area (Å²) in [6.07, 6.45) is 0. The van der Waals surface area contributed by atoms with Gasteiger partial charge in [0.2, 0.25) is 5.76 Å². The normalized spacial score (nSPS) is 14.9. The van der Waals surface area contributed by atoms with Gasteiger partial charge in [0.1, 0.15) is 10.5 Å². The van der Waals surface area contributed by atoms with Crippen molar-refractivity contribution in [1.82, 2.24) is 4.98 Å². The summed E-state index contributed by atoms with van der Waals surface area (Å²) in [6, 6.07) is 8.81. The number of fused-ring (bicyclic) bond motifs is 2. The molecule has 0 radical (unpaired) electrons. The van der Waals surface area contributed by atoms with Crippen molar-refractivity contribution in [3.63, 3.8) is 0 Å². The number of rotatable bonds is 4. The Morgan fingerprint density at radius 3 is 2.63 bits per heavy atom. The predicted octanol–water partition coefficient (Wildman–Crippen LogP) is 4.12. The second-order valence-electron chi connectivity index (χ2n) is 8.09. The second kappa shape index (κ2) is 8.24. The van der Waals surface area contributed by atoms with E-state index in [4.69, 9.17) is 13.9 Å². The van der Waals surface area contributed by atoms with Gasteiger partial charge < -0.3 is 19.0 Å². The first-order valence-electron chi connectivity index (χ1n) is 10.6. The number of aromatic nitrogens is 1. The highest BCUT2D eigenvalue weighted by atomic mass is 32.1. The smallest absolute Gasteiger partial charge is 0.350 e. The van der Waals surface area contributed by atoms with E-state index in [-0.39, 0.29) is 38.3 Å². The Morgan fingerprint density at radius 2 is 1.91 bits per heavy atom. The maximum Gasteiger partial charge on any atom is 0.350 e. The zero-order valence-corrected chi connectivity index (χ0v) is 20.1. The van der Waals surface area contributed by atoms with Crippen molar-refractivity contribution in [2.24, 2.45) is 0 Å². The van der Waals surface area contributed by atoms with Gasteiger partial charge in [-0.3, -0.25) is 14.5 Å². The largest absolute Gasteiger partial charge is 0.504 e. The molecular weight excluding hydrogens is 472 g/mol. The molecule has 35 heavy (non-hydrogen) atoms. The molecule has 3 heterocycles. The van der Waals surface area contributed by atoms with E-state index in [1.54, 1.807) is 37.3 Å². The Morgan fingerprint density at radius 1 is 1.14 bits per heavy atom. The molecule has 178 valence electrons. The Bertz CT molecular complexity index is 1590. The van der Waals surface area contributed by atoms with E-state index in [1.807, 2.05) is 6.92 Å². The number of ether oxygens (including phenoxy) is 2. The van der Waals surface area contributed by atoms with E-state index in [0.717, 1.165) is 16.9 Å². The molecule has 2 aromatic carbocycles. The molecule has 9 nitrogen and oxygen atoms in total. The number of aromatic hydroxyl groups is 1. The third kappa shape index (κ3) is 3.45. The SMILES string of the molecule is COC(=O)c1sc(N2C(=O)c3oc4ccc(C)cc4c(=O)c3[C@@H]2c2ccc(O)c(OC)c2)nc1C. The van der Waals surface area contributed by atoms with Crippen LogP contribution in [0.15, 0.2) is 45.6 Å². The Hall–Kier alpha value is -4.18. The van der Waals surface area contributed by atoms with Crippen LogP contribution in [0.1, 0.15) is 48.7 Å². The number of amides is 1. The first-order chi connectivity index (χ1) is 16.7. The number of hydrogen-bond acceptors (Lipinski definition) is 9. The van der Waals surface area contributed by atoms with E-state index in [0.29, 0.717) is 22.2 Å². The summed E-state index contributed by atoms with van der Waals surface area (Å²) >= 11 is 0.983. The average molecular weight is 493 g/mol. The highest BCUT2D eigenvalue weighted by molar-refractivity contribution is 7.17. The lowest BCUT2D eigenvalue weighted by Crippen LogP contribution is -2.29. The molecule has 4 aromatic rings. The van der Waals surface area contributed by atoms with Gasteiger partial charge in [-0.2, -0.15) is 0 Å². The zero-order valence-electron chi connectivity index (χ0n) is 19.2. The fraction of sp³-hybridized carbons (Fsp3) is 0.200. The van der Waals surface area contributed by atoms with Crippen molar-refractivity contribution in [3.8, 4) is 11.5 Å². The number of hydrogen-bond donors (Lipinski definition) is 1. The first-order valence-corrected chi connectivity index (χ1v) is 11.4. The Labute approximate surface area is 203 Å². The molecule has 1 aliphatic rings. The van der Waals surface area contributed by atoms with Gasteiger partial charge in [0.05, 0.1) is 36.9 Å². The van der Waals surface area contributed by atoms with Crippen LogP contribution in [0.4, 0.5) is 5.13 Å². The summed E-state index contributed by atoms with van der Waals surface area (Å²) in [6.45, 7) is 3.50. The lowest BCUT2D eigenvalue weighted by atomic mass is 9.98. The zero-order chi connectivity index (χ0) is 25.0. The number of carbonyl (C=O) groups excluding carboxylic acids is 2. The fourth-order valence-electron chi connectivity index (χ4n) is 4.23. The van der Waals surface area contributed by atoms with E-state index >= 15 is 0 Å². The standard InChI is InChI=1S/C25H20N2O7S/c1-11-5-8-16-14(9-11)20(29)18-19(13-6-7-15(28)17(10-13)32-3)27(23(30)21(18)34-16)25-26-12(2)22(35-25)24(31)33-4/h5-10,19,28H,1-4H3/t19-/m0/s1. The molecule has 1 aliphatic heterocycles. The number of benzene rings is 2. The maximum absolute atomic E-state index is 13.7. The number of anilines is 1. The van der Waals surface area contributed by atoms with Crippen LogP contribution < -0.4 is 15.1 Å². The number of thiazole rings is 1. The van der Waals surface area contributed by atoms with E-state index in [1.165, 1.54) is 25.2 Å². The summed E-state index contributed by atoms with van der Waals surface area (Å²) in [5, 5.41) is 10.7. The van der Waals surface area contributed by atoms with Gasteiger partial charge in [-0.25, -0.2) is 9.78 Å². The Kier molecular flexibility index (Phi) is 5.32. The first kappa shape index (κ1) is 22.6. The molecule has 1 N–H and O–H groups in total. The van der Waals surface area contributed by atoms with E-state index in [2.05, 4.69) is 4.98 Å². The van der Waals surface area contributed by atoms with Crippen molar-refractivity contribution < 1.29 is 28.6 Å². The van der Waals surface area contributed by atoms with Crippen molar-refractivity contribution >= 4 is 39.3 Å². The molecule has 0 fully saturated rings. The van der Waals surface area contributed by atoms with E-state index < -0.39 is 17.9 Å². The fourth-order valence-corrected chi connectivity index (χ4v) is 5.24. The monoisotopic (exact) mass is 492 g/mol. The van der Waals surface area contributed by atoms with Gasteiger partial charge in [0.25, 0.3) is 5.91 Å². The summed E-state index contributed by atoms with van der Waals surface area (Å²) in [4.78, 5) is 45.6. The lowest BCUT2D eigenvalue weighted by Gasteiger charge is -2.23. The van der Waals surface area contributed by atoms with Crippen LogP contribution in [0, 0.1) is 13.8 Å². The van der Waals surface area contributed by atoms with Crippen LogP contribution in [0.3, 0.4) is 0 Å². The minimum Gasteiger partial charge on any atom is -0.504 e. The summed E-state index contributed by atoms with van der Waals surface area (Å²) in [5.41, 5.74) is 1.85. The van der Waals surface area contributed by atoms with Crippen molar-refractivity contribution in [2.75, 3.05) is 19.1 Å². The minimum absolute atomic E-state index is 0.0911. The molecule has 0 saturated heterocycles. The van der Waals surface area contributed by atoms with Crippen molar-refractivity contribution in [1.29, 1.82) is 0 Å². The average Bonchev–Trinajstić information content (AvgIpc) is 3.37. The highest BCUT2D eigenvalue weighted by Crippen LogP contribution is 2.44. The van der Waals surface area contributed by atoms with Crippen LogP contribution in [0.5, 0.6) is 11.5 Å². The quantitative estimate of drug-likeness (QED) is 0.423. The molecular formula is C25H20N2O7S. The van der Waals surface area contributed by atoms with Crippen molar-refractivity contribution in [3.05, 3.63) is 79.6 Å². The number of esters is 1. The van der Waals surface area contributed by atoms with Crippen LogP contribution >= 0.6 is 11.3 Å². The third-order valence-corrected chi connectivity index (χ3v) is 7.04. The van der Waals surface area contributed by atoms with Gasteiger partial charge >= 0.3 is 5.97 Å². The number of phenolic OH excluding ortho intramolecular Hbond substituents is 1. The predicted molar refractivity (Wildman–Crippen MR) is 129 cm³/mol. The molecule has 1 atom stereocenters. The lowest BCUT2D eigenvalue weighted by molar-refractivity contribution is 0.0605. The number of phenols is 1. The van der Waals surface area contributed by atoms with Gasteiger partial charge in [-0.1, -0.05) is 29.0 Å². The summed E-state index contributed by atoms with van der Waals surface area (Å²) in [5.74, 6) is -1.16. The number of aryl methyl sites for hydroxylation is 2. The topological polar surface area (TPSA) is 119 Å². The van der Waals surface area contributed by atoms with Crippen molar-refractivity contribution in [2.45, 2.75) is 19.9 Å². The van der Waals surface area contributed by atoms with E-state index in [9.17, 15) is 19.5 Å². The molecule has 0 bridgehead atoms. The summed E-state index contributed by atoms with van der Waals surface area (Å²) < 4.78 is 16.0. The van der Waals surface area contributed by atoms with Crippen LogP contribution in [0.2, 0.25) is 0 Å². The number of nitrogens with zero attached hydrogens (tertiary/aromatic N) is 2. The molecule has 2 aromatic heterocycles. The van der Waals surface area contributed by atoms with Gasteiger partial charge in [0.15, 0.2) is 22.1 Å². The van der Waals surface area contributed by atoms with Gasteiger partial charge in [-0.05, 0) is 43.7 Å². The maximum atomic E-state index is 13.7. The van der Waals surface area contributed by atoms with Crippen LogP contribution in [-0.4, -0.2) is 36.2 Å². The summed E-state index contributed by atoms with van der Waals surface area (Å²) in [7, 11) is 2.67. The number of methoxy groups -OCH3 is 2. The molecule has 0 spiro atoms.